The summed E-state index contributed by atoms with van der Waals surface area (Å²) in [7, 11) is -2.12. The molecule has 2 heterocycles. The number of ether oxygens (including phenoxy) is 1. The average Bonchev–Trinajstić information content (AvgIpc) is 3.30. The van der Waals surface area contributed by atoms with Gasteiger partial charge in [0.05, 0.1) is 6.61 Å². The van der Waals surface area contributed by atoms with Crippen LogP contribution in [0.1, 0.15) is 31.9 Å². The topological polar surface area (TPSA) is 99.6 Å². The molecule has 2 aliphatic carbocycles. The summed E-state index contributed by atoms with van der Waals surface area (Å²) in [6.45, 7) is 4.12. The molecule has 2 saturated carbocycles. The highest BCUT2D eigenvalue weighted by Crippen LogP contribution is 2.55. The van der Waals surface area contributed by atoms with E-state index >= 15 is 0 Å². The molecule has 28 heavy (non-hydrogen) atoms. The molecule has 3 fully saturated rings. The lowest BCUT2D eigenvalue weighted by atomic mass is 10.0. The van der Waals surface area contributed by atoms with E-state index in [1.807, 2.05) is 0 Å². The molecule has 1 aliphatic heterocycles. The fourth-order valence-electron chi connectivity index (χ4n) is 5.21. The van der Waals surface area contributed by atoms with Crippen LogP contribution in [0.25, 0.3) is 0 Å². The van der Waals surface area contributed by atoms with Crippen LogP contribution in [0.2, 0.25) is 18.6 Å². The van der Waals surface area contributed by atoms with Crippen molar-refractivity contribution in [1.29, 1.82) is 0 Å². The Labute approximate surface area is 163 Å². The van der Waals surface area contributed by atoms with Crippen LogP contribution >= 0.6 is 0 Å². The van der Waals surface area contributed by atoms with Gasteiger partial charge in [-0.15, -0.1) is 0 Å². The summed E-state index contributed by atoms with van der Waals surface area (Å²) in [6.07, 6.45) is 0.807. The number of aliphatic hydroxyl groups excluding tert-OH is 1. The number of nitrogens with zero attached hydrogens (tertiary/aromatic N) is 2. The van der Waals surface area contributed by atoms with E-state index in [4.69, 9.17) is 14.9 Å². The van der Waals surface area contributed by atoms with Crippen molar-refractivity contribution in [2.45, 2.75) is 68.7 Å². The van der Waals surface area contributed by atoms with Crippen LogP contribution in [0.5, 0.6) is 0 Å². The van der Waals surface area contributed by atoms with Crippen LogP contribution in [-0.4, -0.2) is 47.7 Å². The molecule has 0 amide bonds. The summed E-state index contributed by atoms with van der Waals surface area (Å²) in [5.74, 6) is -2.26. The largest absolute Gasteiger partial charge is 0.414 e. The summed E-state index contributed by atoms with van der Waals surface area (Å²) in [6, 6.07) is 1.24. The number of anilines is 1. The highest BCUT2D eigenvalue weighted by atomic mass is 28.4. The minimum absolute atomic E-state index is 0.0680. The zero-order chi connectivity index (χ0) is 20.3. The lowest BCUT2D eigenvalue weighted by molar-refractivity contribution is -0.140. The predicted octanol–water partition coefficient (Wildman–Crippen LogP) is 2.13. The number of rotatable bonds is 5. The summed E-state index contributed by atoms with van der Waals surface area (Å²) in [5.41, 5.74) is 4.98. The summed E-state index contributed by atoms with van der Waals surface area (Å²) < 4.78 is 41.5. The van der Waals surface area contributed by atoms with Gasteiger partial charge in [0, 0.05) is 6.20 Å². The highest BCUT2D eigenvalue weighted by molar-refractivity contribution is 6.72. The lowest BCUT2D eigenvalue weighted by Crippen LogP contribution is -2.45. The number of hydrogen-bond donors (Lipinski definition) is 2. The monoisotopic (exact) mass is 415 g/mol. The summed E-state index contributed by atoms with van der Waals surface area (Å²) in [5, 5.41) is 10.2. The molecule has 6 atom stereocenters. The van der Waals surface area contributed by atoms with Crippen molar-refractivity contribution in [2.75, 3.05) is 12.3 Å². The van der Waals surface area contributed by atoms with Crippen LogP contribution in [-0.2, 0) is 9.16 Å². The summed E-state index contributed by atoms with van der Waals surface area (Å²) >= 11 is 0. The number of nitrogens with two attached hydrogens (primary N) is 1. The molecule has 6 unspecified atom stereocenters. The molecule has 10 heteroatoms. The summed E-state index contributed by atoms with van der Waals surface area (Å²) in [4.78, 5) is 15.4. The molecule has 4 rings (SSSR count). The van der Waals surface area contributed by atoms with Crippen LogP contribution in [0.4, 0.5) is 14.6 Å². The molecule has 0 aromatic carbocycles. The maximum absolute atomic E-state index is 14.6. The van der Waals surface area contributed by atoms with Gasteiger partial charge < -0.3 is 20.0 Å². The third-order valence-corrected chi connectivity index (χ3v) is 10.1. The standard InChI is InChI=1S/C18H27F2N3O4Si/c1-28(2,13-8-10-3-4-11(13)7-10)26-9-12-15(24)18(19,20)16(27-12)23-6-5-14(21)22-17(23)25/h5-6,10-13,15-16,24H,3-4,7-9H2,1-2H3,(H2,21,22,25). The van der Waals surface area contributed by atoms with E-state index in [1.54, 1.807) is 0 Å². The molecule has 2 bridgehead atoms. The minimum atomic E-state index is -3.65. The van der Waals surface area contributed by atoms with Gasteiger partial charge in [0.2, 0.25) is 6.23 Å². The van der Waals surface area contributed by atoms with Crippen molar-refractivity contribution in [3.05, 3.63) is 22.7 Å². The van der Waals surface area contributed by atoms with Crippen LogP contribution in [0.3, 0.4) is 0 Å². The molecule has 1 saturated heterocycles. The SMILES string of the molecule is C[Si](C)(OCC1OC(n2ccc(N)nc2=O)C(F)(F)C1O)C1CC2CCC1C2. The Morgan fingerprint density at radius 2 is 2.18 bits per heavy atom. The van der Waals surface area contributed by atoms with Crippen LogP contribution in [0.15, 0.2) is 17.1 Å². The van der Waals surface area contributed by atoms with Gasteiger partial charge in [-0.2, -0.15) is 13.8 Å². The second kappa shape index (κ2) is 6.86. The first-order valence-corrected chi connectivity index (χ1v) is 12.8. The first-order chi connectivity index (χ1) is 13.1. The number of hydrogen-bond acceptors (Lipinski definition) is 6. The normalized spacial score (nSPS) is 36.9. The quantitative estimate of drug-likeness (QED) is 0.715. The van der Waals surface area contributed by atoms with Crippen molar-refractivity contribution in [2.24, 2.45) is 11.8 Å². The molecular formula is C18H27F2N3O4Si. The van der Waals surface area contributed by atoms with Crippen molar-refractivity contribution < 1.29 is 23.1 Å². The second-order valence-electron chi connectivity index (χ2n) is 8.88. The number of aliphatic hydroxyl groups is 1. The van der Waals surface area contributed by atoms with Gasteiger partial charge >= 0.3 is 11.6 Å². The number of aromatic nitrogens is 2. The molecule has 0 radical (unpaired) electrons. The zero-order valence-corrected chi connectivity index (χ0v) is 17.1. The fourth-order valence-corrected chi connectivity index (χ4v) is 8.36. The predicted molar refractivity (Wildman–Crippen MR) is 100 cm³/mol. The molecule has 7 nitrogen and oxygen atoms in total. The van der Waals surface area contributed by atoms with E-state index in [0.717, 1.165) is 18.5 Å². The molecule has 0 spiro atoms. The minimum Gasteiger partial charge on any atom is -0.414 e. The zero-order valence-electron chi connectivity index (χ0n) is 16.1. The number of alkyl halides is 2. The first-order valence-electron chi connectivity index (χ1n) is 9.79. The smallest absolute Gasteiger partial charge is 0.351 e. The Morgan fingerprint density at radius 1 is 1.43 bits per heavy atom. The van der Waals surface area contributed by atoms with Gasteiger partial charge in [0.15, 0.2) is 14.4 Å². The van der Waals surface area contributed by atoms with E-state index in [-0.39, 0.29) is 12.4 Å². The van der Waals surface area contributed by atoms with E-state index in [2.05, 4.69) is 18.1 Å². The molecule has 3 N–H and O–H groups in total. The van der Waals surface area contributed by atoms with Crippen LogP contribution < -0.4 is 11.4 Å². The Kier molecular flexibility index (Phi) is 4.88. The number of fused-ring (bicyclic) bond motifs is 2. The van der Waals surface area contributed by atoms with Crippen molar-refractivity contribution >= 4 is 14.1 Å². The van der Waals surface area contributed by atoms with Gasteiger partial charge in [0.1, 0.15) is 11.9 Å². The second-order valence-corrected chi connectivity index (χ2v) is 13.1. The fraction of sp³-hybridized carbons (Fsp3) is 0.778. The Morgan fingerprint density at radius 3 is 2.79 bits per heavy atom. The number of nitrogen functional groups attached to an aromatic ring is 1. The Balaban J connectivity index is 1.46. The lowest BCUT2D eigenvalue weighted by Gasteiger charge is -2.36. The maximum atomic E-state index is 14.6. The van der Waals surface area contributed by atoms with E-state index in [1.165, 1.54) is 25.3 Å². The third-order valence-electron chi connectivity index (χ3n) is 6.73. The average molecular weight is 416 g/mol. The Hall–Kier alpha value is -1.36. The van der Waals surface area contributed by atoms with Crippen LogP contribution in [0, 0.1) is 11.8 Å². The van der Waals surface area contributed by atoms with Gasteiger partial charge in [0.25, 0.3) is 0 Å². The van der Waals surface area contributed by atoms with Crippen molar-refractivity contribution in [1.82, 2.24) is 9.55 Å². The van der Waals surface area contributed by atoms with E-state index < -0.39 is 38.4 Å². The number of halogens is 2. The molecule has 1 aromatic heterocycles. The first kappa shape index (κ1) is 19.9. The van der Waals surface area contributed by atoms with Gasteiger partial charge in [-0.05, 0) is 49.4 Å². The molecule has 3 aliphatic rings. The van der Waals surface area contributed by atoms with Gasteiger partial charge in [-0.3, -0.25) is 4.57 Å². The van der Waals surface area contributed by atoms with Crippen molar-refractivity contribution in [3.8, 4) is 0 Å². The highest BCUT2D eigenvalue weighted by Gasteiger charge is 2.60. The molecule has 156 valence electrons. The Bertz CT molecular complexity index is 805. The van der Waals surface area contributed by atoms with E-state index in [0.29, 0.717) is 16.0 Å². The molecular weight excluding hydrogens is 388 g/mol. The van der Waals surface area contributed by atoms with E-state index in [9.17, 15) is 18.7 Å². The van der Waals surface area contributed by atoms with Gasteiger partial charge in [-0.1, -0.05) is 12.8 Å². The maximum Gasteiger partial charge on any atom is 0.351 e. The molecule has 1 aromatic rings. The van der Waals surface area contributed by atoms with Crippen molar-refractivity contribution in [3.63, 3.8) is 0 Å². The van der Waals surface area contributed by atoms with Gasteiger partial charge in [-0.25, -0.2) is 4.79 Å². The third kappa shape index (κ3) is 3.29.